The molecule has 2 N–H and O–H groups in total. The lowest BCUT2D eigenvalue weighted by Crippen LogP contribution is -2.46. The van der Waals surface area contributed by atoms with Gasteiger partial charge in [-0.05, 0) is 36.0 Å². The fourth-order valence-corrected chi connectivity index (χ4v) is 3.34. The number of nitrogens with two attached hydrogens (primary N) is 1. The van der Waals surface area contributed by atoms with E-state index >= 15 is 0 Å². The van der Waals surface area contributed by atoms with Crippen LogP contribution in [0.1, 0.15) is 40.0 Å². The first kappa shape index (κ1) is 7.60. The third kappa shape index (κ3) is 0.752. The Kier molecular flexibility index (Phi) is 1.26. The second-order valence-corrected chi connectivity index (χ2v) is 5.39. The highest BCUT2D eigenvalue weighted by Crippen LogP contribution is 2.61. The van der Waals surface area contributed by atoms with Gasteiger partial charge < -0.3 is 5.73 Å². The second kappa shape index (κ2) is 1.82. The molecule has 2 aliphatic carbocycles. The predicted octanol–water partition coefficient (Wildman–Crippen LogP) is 2.16. The zero-order chi connectivity index (χ0) is 8.28. The van der Waals surface area contributed by atoms with Crippen LogP contribution in [0.15, 0.2) is 0 Å². The number of fused-ring (bicyclic) bond motifs is 2. The van der Waals surface area contributed by atoms with Gasteiger partial charge in [-0.2, -0.15) is 0 Å². The van der Waals surface area contributed by atoms with Gasteiger partial charge in [0, 0.05) is 6.04 Å². The highest BCUT2D eigenvalue weighted by Gasteiger charge is 2.57. The van der Waals surface area contributed by atoms with Crippen molar-refractivity contribution < 1.29 is 0 Å². The number of hydrogen-bond acceptors (Lipinski definition) is 1. The molecule has 0 amide bonds. The summed E-state index contributed by atoms with van der Waals surface area (Å²) in [5, 5.41) is 0. The Morgan fingerprint density at radius 3 is 2.18 bits per heavy atom. The first-order valence-corrected chi connectivity index (χ1v) is 4.72. The molecule has 0 aromatic carbocycles. The maximum absolute atomic E-state index is 6.23. The largest absolute Gasteiger partial charge is 0.327 e. The van der Waals surface area contributed by atoms with E-state index in [4.69, 9.17) is 5.73 Å². The summed E-state index contributed by atoms with van der Waals surface area (Å²) in [6, 6.07) is 0.439. The highest BCUT2D eigenvalue weighted by molar-refractivity contribution is 5.10. The van der Waals surface area contributed by atoms with Crippen molar-refractivity contribution in [1.29, 1.82) is 0 Å². The van der Waals surface area contributed by atoms with Gasteiger partial charge in [0.05, 0.1) is 0 Å². The fraction of sp³-hybridized carbons (Fsp3) is 1.00. The topological polar surface area (TPSA) is 26.0 Å². The van der Waals surface area contributed by atoms with Crippen LogP contribution in [0, 0.1) is 16.7 Å². The van der Waals surface area contributed by atoms with Crippen LogP contribution >= 0.6 is 0 Å². The molecule has 0 aromatic rings. The van der Waals surface area contributed by atoms with Crippen molar-refractivity contribution in [2.24, 2.45) is 22.5 Å². The van der Waals surface area contributed by atoms with Gasteiger partial charge >= 0.3 is 0 Å². The van der Waals surface area contributed by atoms with Crippen LogP contribution in [0.25, 0.3) is 0 Å². The second-order valence-electron chi connectivity index (χ2n) is 5.39. The van der Waals surface area contributed by atoms with Crippen LogP contribution in [0.2, 0.25) is 0 Å². The van der Waals surface area contributed by atoms with E-state index < -0.39 is 0 Å². The van der Waals surface area contributed by atoms with Crippen molar-refractivity contribution in [3.63, 3.8) is 0 Å². The quantitative estimate of drug-likeness (QED) is 0.567. The van der Waals surface area contributed by atoms with Crippen molar-refractivity contribution in [2.45, 2.75) is 46.1 Å². The van der Waals surface area contributed by atoms with Crippen LogP contribution in [-0.2, 0) is 0 Å². The van der Waals surface area contributed by atoms with Crippen molar-refractivity contribution in [3.8, 4) is 0 Å². The SMILES string of the molecule is CC1(C)[C@H]2CC[C@@](C)(C2)[C@H]1N. The van der Waals surface area contributed by atoms with E-state index in [9.17, 15) is 0 Å². The number of hydrogen-bond donors (Lipinski definition) is 1. The Balaban J connectivity index is 2.34. The summed E-state index contributed by atoms with van der Waals surface area (Å²) in [4.78, 5) is 0. The van der Waals surface area contributed by atoms with Gasteiger partial charge in [0.2, 0.25) is 0 Å². The fourth-order valence-electron chi connectivity index (χ4n) is 3.34. The van der Waals surface area contributed by atoms with Gasteiger partial charge in [0.25, 0.3) is 0 Å². The van der Waals surface area contributed by atoms with E-state index in [1.165, 1.54) is 19.3 Å². The minimum Gasteiger partial charge on any atom is -0.327 e. The summed E-state index contributed by atoms with van der Waals surface area (Å²) < 4.78 is 0. The minimum absolute atomic E-state index is 0.410. The van der Waals surface area contributed by atoms with Gasteiger partial charge in [0.1, 0.15) is 0 Å². The Morgan fingerprint density at radius 2 is 1.91 bits per heavy atom. The molecule has 0 aromatic heterocycles. The summed E-state index contributed by atoms with van der Waals surface area (Å²) in [5.74, 6) is 0.905. The predicted molar refractivity (Wildman–Crippen MR) is 47.2 cm³/mol. The summed E-state index contributed by atoms with van der Waals surface area (Å²) in [6.07, 6.45) is 4.15. The van der Waals surface area contributed by atoms with Crippen LogP contribution in [-0.4, -0.2) is 6.04 Å². The molecular weight excluding hydrogens is 134 g/mol. The maximum atomic E-state index is 6.23. The van der Waals surface area contributed by atoms with Crippen molar-refractivity contribution in [1.82, 2.24) is 0 Å². The van der Waals surface area contributed by atoms with Gasteiger partial charge in [-0.15, -0.1) is 0 Å². The van der Waals surface area contributed by atoms with Gasteiger partial charge in [-0.25, -0.2) is 0 Å². The molecule has 64 valence electrons. The minimum atomic E-state index is 0.410. The van der Waals surface area contributed by atoms with Crippen molar-refractivity contribution in [3.05, 3.63) is 0 Å². The first-order valence-electron chi connectivity index (χ1n) is 4.72. The molecule has 1 heteroatoms. The Bertz CT molecular complexity index is 181. The monoisotopic (exact) mass is 153 g/mol. The standard InChI is InChI=1S/C10H19N/c1-9(2)7-4-5-10(3,6-7)8(9)11/h7-8H,4-6,11H2,1-3H3/t7-,8-,10-/m0/s1. The molecule has 1 nitrogen and oxygen atoms in total. The zero-order valence-electron chi connectivity index (χ0n) is 7.85. The summed E-state index contributed by atoms with van der Waals surface area (Å²) in [5.41, 5.74) is 7.12. The lowest BCUT2D eigenvalue weighted by Gasteiger charge is -2.40. The van der Waals surface area contributed by atoms with E-state index in [0.29, 0.717) is 16.9 Å². The van der Waals surface area contributed by atoms with Crippen LogP contribution in [0.4, 0.5) is 0 Å². The molecule has 11 heavy (non-hydrogen) atoms. The van der Waals surface area contributed by atoms with Crippen LogP contribution < -0.4 is 5.73 Å². The highest BCUT2D eigenvalue weighted by atomic mass is 14.8. The molecule has 2 aliphatic rings. The average molecular weight is 153 g/mol. The molecule has 2 saturated carbocycles. The van der Waals surface area contributed by atoms with Crippen LogP contribution in [0.3, 0.4) is 0 Å². The molecule has 2 rings (SSSR count). The zero-order valence-corrected chi connectivity index (χ0v) is 7.85. The van der Waals surface area contributed by atoms with Gasteiger partial charge in [0.15, 0.2) is 0 Å². The molecule has 0 aliphatic heterocycles. The molecule has 2 bridgehead atoms. The van der Waals surface area contributed by atoms with E-state index in [1.54, 1.807) is 0 Å². The molecular formula is C10H19N. The van der Waals surface area contributed by atoms with E-state index in [2.05, 4.69) is 20.8 Å². The normalized spacial score (nSPS) is 53.5. The molecule has 0 saturated heterocycles. The summed E-state index contributed by atoms with van der Waals surface area (Å²) in [7, 11) is 0. The Labute approximate surface area is 69.4 Å². The van der Waals surface area contributed by atoms with Gasteiger partial charge in [-0.3, -0.25) is 0 Å². The summed E-state index contributed by atoms with van der Waals surface area (Å²) in [6.45, 7) is 7.05. The smallest absolute Gasteiger partial charge is 0.0147 e. The van der Waals surface area contributed by atoms with Crippen molar-refractivity contribution >= 4 is 0 Å². The lowest BCUT2D eigenvalue weighted by atomic mass is 9.69. The van der Waals surface area contributed by atoms with Crippen molar-refractivity contribution in [2.75, 3.05) is 0 Å². The summed E-state index contributed by atoms with van der Waals surface area (Å²) >= 11 is 0. The number of rotatable bonds is 0. The third-order valence-corrected chi connectivity index (χ3v) is 4.38. The van der Waals surface area contributed by atoms with E-state index in [1.807, 2.05) is 0 Å². The Morgan fingerprint density at radius 1 is 1.27 bits per heavy atom. The molecule has 0 heterocycles. The lowest BCUT2D eigenvalue weighted by molar-refractivity contribution is 0.141. The van der Waals surface area contributed by atoms with E-state index in [-0.39, 0.29) is 0 Å². The molecule has 3 atom stereocenters. The third-order valence-electron chi connectivity index (χ3n) is 4.38. The Hall–Kier alpha value is -0.0400. The molecule has 0 unspecified atom stereocenters. The van der Waals surface area contributed by atoms with E-state index in [0.717, 1.165) is 5.92 Å². The molecule has 0 spiro atoms. The van der Waals surface area contributed by atoms with Gasteiger partial charge in [-0.1, -0.05) is 20.8 Å². The van der Waals surface area contributed by atoms with Crippen LogP contribution in [0.5, 0.6) is 0 Å². The first-order chi connectivity index (χ1) is 4.97. The maximum Gasteiger partial charge on any atom is 0.0147 e. The molecule has 0 radical (unpaired) electrons. The molecule has 2 fully saturated rings. The average Bonchev–Trinajstić information content (AvgIpc) is 2.36.